The highest BCUT2D eigenvalue weighted by Gasteiger charge is 2.33. The maximum Gasteiger partial charge on any atom is 0.276 e. The summed E-state index contributed by atoms with van der Waals surface area (Å²) in [5, 5.41) is 8.47. The van der Waals surface area contributed by atoms with Gasteiger partial charge in [0, 0.05) is 12.6 Å². The molecule has 118 valence electrons. The Hall–Kier alpha value is -1.92. The second-order valence-corrected chi connectivity index (χ2v) is 5.50. The average molecular weight is 322 g/mol. The number of benzene rings is 1. The van der Waals surface area contributed by atoms with E-state index in [1.807, 2.05) is 35.2 Å². The SMILES string of the molecule is CC1CC(CN)CN1C(=O)c1cnn(-c2ccccc2)n1.Cl. The van der Waals surface area contributed by atoms with Crippen LogP contribution in [-0.2, 0) is 0 Å². The molecule has 1 saturated heterocycles. The van der Waals surface area contributed by atoms with Crippen molar-refractivity contribution >= 4 is 18.3 Å². The summed E-state index contributed by atoms with van der Waals surface area (Å²) in [6.07, 6.45) is 2.48. The molecule has 1 aromatic carbocycles. The summed E-state index contributed by atoms with van der Waals surface area (Å²) in [7, 11) is 0. The number of likely N-dealkylation sites (tertiary alicyclic amines) is 1. The molecule has 1 fully saturated rings. The zero-order valence-electron chi connectivity index (χ0n) is 12.4. The lowest BCUT2D eigenvalue weighted by Crippen LogP contribution is -2.34. The quantitative estimate of drug-likeness (QED) is 0.929. The van der Waals surface area contributed by atoms with Crippen LogP contribution in [0, 0.1) is 5.92 Å². The first-order valence-electron chi connectivity index (χ1n) is 7.18. The smallest absolute Gasteiger partial charge is 0.276 e. The van der Waals surface area contributed by atoms with Crippen LogP contribution in [0.4, 0.5) is 0 Å². The van der Waals surface area contributed by atoms with Gasteiger partial charge in [-0.1, -0.05) is 18.2 Å². The molecule has 7 heteroatoms. The summed E-state index contributed by atoms with van der Waals surface area (Å²) < 4.78 is 0. The molecule has 0 bridgehead atoms. The number of rotatable bonds is 3. The minimum atomic E-state index is -0.0689. The van der Waals surface area contributed by atoms with Crippen molar-refractivity contribution < 1.29 is 4.79 Å². The van der Waals surface area contributed by atoms with Crippen molar-refractivity contribution in [3.05, 3.63) is 42.2 Å². The molecule has 0 radical (unpaired) electrons. The number of para-hydroxylation sites is 1. The fourth-order valence-corrected chi connectivity index (χ4v) is 2.79. The van der Waals surface area contributed by atoms with Gasteiger partial charge in [0.15, 0.2) is 5.69 Å². The van der Waals surface area contributed by atoms with Gasteiger partial charge in [0.1, 0.15) is 0 Å². The topological polar surface area (TPSA) is 77.0 Å². The van der Waals surface area contributed by atoms with Crippen LogP contribution < -0.4 is 5.73 Å². The number of carbonyl (C=O) groups is 1. The fourth-order valence-electron chi connectivity index (χ4n) is 2.79. The Morgan fingerprint density at radius 1 is 1.36 bits per heavy atom. The van der Waals surface area contributed by atoms with Crippen molar-refractivity contribution in [1.29, 1.82) is 0 Å². The average Bonchev–Trinajstić information content (AvgIpc) is 3.14. The van der Waals surface area contributed by atoms with Crippen LogP contribution in [0.5, 0.6) is 0 Å². The minimum Gasteiger partial charge on any atom is -0.334 e. The van der Waals surface area contributed by atoms with Gasteiger partial charge in [0.05, 0.1) is 11.9 Å². The molecule has 0 aliphatic carbocycles. The van der Waals surface area contributed by atoms with Gasteiger partial charge in [-0.2, -0.15) is 9.90 Å². The molecular weight excluding hydrogens is 302 g/mol. The molecule has 1 aliphatic heterocycles. The van der Waals surface area contributed by atoms with Gasteiger partial charge in [-0.25, -0.2) is 0 Å². The second kappa shape index (κ2) is 6.89. The number of carbonyl (C=O) groups excluding carboxylic acids is 1. The van der Waals surface area contributed by atoms with Crippen LogP contribution in [0.15, 0.2) is 36.5 Å². The predicted molar refractivity (Wildman–Crippen MR) is 86.3 cm³/mol. The Morgan fingerprint density at radius 2 is 2.09 bits per heavy atom. The van der Waals surface area contributed by atoms with Crippen molar-refractivity contribution in [3.8, 4) is 5.69 Å². The lowest BCUT2D eigenvalue weighted by molar-refractivity contribution is 0.0737. The first-order chi connectivity index (χ1) is 10.2. The summed E-state index contributed by atoms with van der Waals surface area (Å²) in [5.41, 5.74) is 6.92. The highest BCUT2D eigenvalue weighted by molar-refractivity contribution is 5.92. The van der Waals surface area contributed by atoms with Gasteiger partial charge in [0.2, 0.25) is 0 Å². The molecule has 0 saturated carbocycles. The number of hydrogen-bond acceptors (Lipinski definition) is 4. The second-order valence-electron chi connectivity index (χ2n) is 5.50. The Balaban J connectivity index is 0.00000176. The van der Waals surface area contributed by atoms with Crippen LogP contribution in [0.25, 0.3) is 5.69 Å². The van der Waals surface area contributed by atoms with Crippen LogP contribution >= 0.6 is 12.4 Å². The van der Waals surface area contributed by atoms with E-state index in [0.29, 0.717) is 24.7 Å². The molecule has 2 unspecified atom stereocenters. The molecule has 22 heavy (non-hydrogen) atoms. The third kappa shape index (κ3) is 3.13. The summed E-state index contributed by atoms with van der Waals surface area (Å²) in [6, 6.07) is 9.75. The number of amides is 1. The molecule has 1 amide bonds. The van der Waals surface area contributed by atoms with Crippen molar-refractivity contribution in [2.75, 3.05) is 13.1 Å². The lowest BCUT2D eigenvalue weighted by Gasteiger charge is -2.19. The van der Waals surface area contributed by atoms with E-state index in [4.69, 9.17) is 5.73 Å². The van der Waals surface area contributed by atoms with Gasteiger partial charge in [-0.15, -0.1) is 17.5 Å². The van der Waals surface area contributed by atoms with Crippen LogP contribution in [-0.4, -0.2) is 44.9 Å². The van der Waals surface area contributed by atoms with E-state index in [-0.39, 0.29) is 24.4 Å². The first-order valence-corrected chi connectivity index (χ1v) is 7.18. The van der Waals surface area contributed by atoms with E-state index < -0.39 is 0 Å². The Morgan fingerprint density at radius 3 is 2.73 bits per heavy atom. The third-order valence-electron chi connectivity index (χ3n) is 3.95. The number of nitrogens with zero attached hydrogens (tertiary/aromatic N) is 4. The maximum atomic E-state index is 12.5. The summed E-state index contributed by atoms with van der Waals surface area (Å²) >= 11 is 0. The summed E-state index contributed by atoms with van der Waals surface area (Å²) in [6.45, 7) is 3.37. The Labute approximate surface area is 135 Å². The zero-order chi connectivity index (χ0) is 14.8. The summed E-state index contributed by atoms with van der Waals surface area (Å²) in [4.78, 5) is 15.9. The predicted octanol–water partition coefficient (Wildman–Crippen LogP) is 1.50. The molecule has 1 aliphatic rings. The zero-order valence-corrected chi connectivity index (χ0v) is 13.2. The first kappa shape index (κ1) is 16.5. The largest absolute Gasteiger partial charge is 0.334 e. The molecule has 1 aromatic heterocycles. The van der Waals surface area contributed by atoms with E-state index >= 15 is 0 Å². The molecule has 3 rings (SSSR count). The van der Waals surface area contributed by atoms with E-state index in [0.717, 1.165) is 12.1 Å². The molecule has 2 atom stereocenters. The van der Waals surface area contributed by atoms with Crippen molar-refractivity contribution in [2.45, 2.75) is 19.4 Å². The Kier molecular flexibility index (Phi) is 5.15. The molecule has 0 spiro atoms. The standard InChI is InChI=1S/C15H19N5O.ClH/c1-11-7-12(8-16)10-19(11)15(21)14-9-17-20(18-14)13-5-3-2-4-6-13;/h2-6,9,11-12H,7-8,10,16H2,1H3;1H. The van der Waals surface area contributed by atoms with Crippen molar-refractivity contribution in [2.24, 2.45) is 11.7 Å². The number of aromatic nitrogens is 3. The van der Waals surface area contributed by atoms with Crippen molar-refractivity contribution in [1.82, 2.24) is 19.9 Å². The van der Waals surface area contributed by atoms with Gasteiger partial charge in [-0.3, -0.25) is 4.79 Å². The van der Waals surface area contributed by atoms with Crippen LogP contribution in [0.3, 0.4) is 0 Å². The fraction of sp³-hybridized carbons (Fsp3) is 0.400. The highest BCUT2D eigenvalue weighted by Crippen LogP contribution is 2.23. The van der Waals surface area contributed by atoms with Gasteiger partial charge < -0.3 is 10.6 Å². The molecule has 6 nitrogen and oxygen atoms in total. The molecule has 2 aromatic rings. The normalized spacial score (nSPS) is 20.7. The minimum absolute atomic E-state index is 0. The number of halogens is 1. The van der Waals surface area contributed by atoms with E-state index in [1.165, 1.54) is 11.0 Å². The van der Waals surface area contributed by atoms with Gasteiger partial charge in [-0.05, 0) is 37.9 Å². The van der Waals surface area contributed by atoms with Crippen LogP contribution in [0.1, 0.15) is 23.8 Å². The monoisotopic (exact) mass is 321 g/mol. The highest BCUT2D eigenvalue weighted by atomic mass is 35.5. The summed E-state index contributed by atoms with van der Waals surface area (Å²) in [5.74, 6) is 0.314. The van der Waals surface area contributed by atoms with Gasteiger partial charge >= 0.3 is 0 Å². The van der Waals surface area contributed by atoms with Crippen LogP contribution in [0.2, 0.25) is 0 Å². The lowest BCUT2D eigenvalue weighted by atomic mass is 10.1. The third-order valence-corrected chi connectivity index (χ3v) is 3.95. The number of hydrogen-bond donors (Lipinski definition) is 1. The van der Waals surface area contributed by atoms with Crippen molar-refractivity contribution in [3.63, 3.8) is 0 Å². The maximum absolute atomic E-state index is 12.5. The van der Waals surface area contributed by atoms with E-state index in [9.17, 15) is 4.79 Å². The van der Waals surface area contributed by atoms with E-state index in [2.05, 4.69) is 17.1 Å². The molecular formula is C15H20ClN5O. The molecule has 2 N–H and O–H groups in total. The number of nitrogens with two attached hydrogens (primary N) is 1. The Bertz CT molecular complexity index is 630. The van der Waals surface area contributed by atoms with E-state index in [1.54, 1.807) is 0 Å². The van der Waals surface area contributed by atoms with Gasteiger partial charge in [0.25, 0.3) is 5.91 Å². The molecule has 2 heterocycles.